The first-order valence-electron chi connectivity index (χ1n) is 35.3. The Balaban J connectivity index is 0.000000116. The van der Waals surface area contributed by atoms with Gasteiger partial charge in [-0.3, -0.25) is 0 Å². The first-order chi connectivity index (χ1) is 53.3. The summed E-state index contributed by atoms with van der Waals surface area (Å²) < 4.78 is 21.9. The van der Waals surface area contributed by atoms with Crippen molar-refractivity contribution in [3.63, 3.8) is 0 Å². The average molecular weight is 1710 g/mol. The zero-order valence-electron chi connectivity index (χ0n) is 58.5. The molecule has 0 unspecified atom stereocenters. The molecule has 0 amide bonds. The third-order valence-electron chi connectivity index (χ3n) is 18.9. The molecule has 21 aromatic rings. The minimum absolute atomic E-state index is 0. The quantitative estimate of drug-likeness (QED) is 0.0901. The maximum atomic E-state index is 6.30. The molecule has 0 spiro atoms. The summed E-state index contributed by atoms with van der Waals surface area (Å²) in [6, 6.07) is 131. The van der Waals surface area contributed by atoms with Crippen molar-refractivity contribution in [1.82, 2.24) is 0 Å². The van der Waals surface area contributed by atoms with Gasteiger partial charge in [-0.25, -0.2) is 0 Å². The summed E-state index contributed by atoms with van der Waals surface area (Å²) in [5, 5.41) is 16.0. The van der Waals surface area contributed by atoms with E-state index in [0.717, 1.165) is 81.3 Å². The highest BCUT2D eigenvalue weighted by Crippen LogP contribution is 2.49. The van der Waals surface area contributed by atoms with E-state index in [-0.39, 0.29) is 7.43 Å². The Morgan fingerprint density at radius 3 is 1.20 bits per heavy atom. The number of para-hydroxylation sites is 2. The molecule has 5 aromatic heterocycles. The fourth-order valence-electron chi connectivity index (χ4n) is 13.8. The van der Waals surface area contributed by atoms with E-state index < -0.39 is 0 Å². The molecule has 0 aliphatic heterocycles. The van der Waals surface area contributed by atoms with E-state index in [2.05, 4.69) is 368 Å². The molecule has 16 aromatic carbocycles. The summed E-state index contributed by atoms with van der Waals surface area (Å²) in [4.78, 5) is 4.37. The number of hydrogen-bond acceptors (Lipinski definition) is 8. The van der Waals surface area contributed by atoms with Crippen molar-refractivity contribution < 1.29 is 8.83 Å². The van der Waals surface area contributed by atoms with Crippen LogP contribution in [0.15, 0.2) is 394 Å². The molecule has 0 aliphatic rings. The lowest BCUT2D eigenvalue weighted by molar-refractivity contribution is 0.668. The fourth-order valence-corrected chi connectivity index (χ4v) is 18.2. The molecule has 3 N–H and O–H groups in total. The van der Waals surface area contributed by atoms with Gasteiger partial charge in [-0.2, -0.15) is 0 Å². The van der Waals surface area contributed by atoms with Gasteiger partial charge in [0.2, 0.25) is 0 Å². The second kappa shape index (κ2) is 34.0. The number of fused-ring (bicyclic) bond motifs is 15. The van der Waals surface area contributed by atoms with E-state index in [9.17, 15) is 0 Å². The number of furan rings is 2. The molecular formula is C98H72Br2IN3O2S3. The van der Waals surface area contributed by atoms with Gasteiger partial charge < -0.3 is 24.8 Å². The van der Waals surface area contributed by atoms with E-state index in [1.807, 2.05) is 100 Å². The number of halogens is 3. The van der Waals surface area contributed by atoms with Crippen molar-refractivity contribution in [3.8, 4) is 33.4 Å². The number of nitrogens with two attached hydrogens (primary N) is 1. The van der Waals surface area contributed by atoms with Crippen LogP contribution in [0, 0.1) is 0 Å². The Morgan fingerprint density at radius 2 is 0.661 bits per heavy atom. The summed E-state index contributed by atoms with van der Waals surface area (Å²) in [6.07, 6.45) is 0. The maximum absolute atomic E-state index is 6.30. The van der Waals surface area contributed by atoms with Crippen LogP contribution in [0.2, 0.25) is 0 Å². The minimum atomic E-state index is 0. The SMILES string of the molecule is Brc1ccc(-c2ccccc2)cc1.Brc1cccc2oc3ccccc3c12.C.CI.Nc1cccc2c1sc1ccccc12.c1ccc(-c2ccc(N(c3cccc4c3sc3ccccc34)c3cccc4oc5ccccc5c34)cc2)cc1.c1ccc(-c2ccc(Nc3cccc4c3sc3ccccc34)cc2)cc1. The van der Waals surface area contributed by atoms with E-state index in [1.165, 1.54) is 99.6 Å². The molecule has 0 atom stereocenters. The van der Waals surface area contributed by atoms with Gasteiger partial charge >= 0.3 is 0 Å². The van der Waals surface area contributed by atoms with Gasteiger partial charge in [0.1, 0.15) is 22.3 Å². The molecule has 21 rings (SSSR count). The Kier molecular flexibility index (Phi) is 22.9. The van der Waals surface area contributed by atoms with Crippen molar-refractivity contribution in [2.24, 2.45) is 0 Å². The molecular weight excluding hydrogens is 1630 g/mol. The number of benzene rings is 16. The van der Waals surface area contributed by atoms with Crippen LogP contribution >= 0.6 is 88.5 Å². The standard InChI is InChI=1S/C36H23NOS.C24H17NS.C12H7BrO.C12H9Br.C12H9NS.CH3I.CH4/c1-2-10-24(11-3-1)25-20-22-26(23-21-25)37(30-15-9-18-33-35(30)29-13-4-6-17-32(29)38-33)31-16-8-14-28-27-12-5-7-19-34(27)39-36(28)31;1-2-7-17(8-3-1)18-13-15-19(16-14-18)25-22-11-6-10-21-20-9-4-5-12-23(20)26-24(21)22;13-9-5-3-7-11-12(9)8-4-1-2-6-10(8)14-11;13-12-8-6-11(7-9-12)10-4-2-1-3-5-10;13-10-6-3-5-9-8-4-1-2-7-11(8)14-12(9)10;1-2;/h1-23H;1-16,25H;1-7H;1-9H;1-7H,13H2;1H3;1H4. The number of nitrogens with zero attached hydrogens (tertiary/aromatic N) is 1. The van der Waals surface area contributed by atoms with Crippen LogP contribution in [0.4, 0.5) is 34.1 Å². The van der Waals surface area contributed by atoms with Crippen LogP contribution in [0.25, 0.3) is 138 Å². The number of hydrogen-bond donors (Lipinski definition) is 2. The van der Waals surface area contributed by atoms with Crippen LogP contribution < -0.4 is 16.0 Å². The van der Waals surface area contributed by atoms with E-state index >= 15 is 0 Å². The fraction of sp³-hybridized carbons (Fsp3) is 0.0204. The highest BCUT2D eigenvalue weighted by molar-refractivity contribution is 14.1. The van der Waals surface area contributed by atoms with Crippen molar-refractivity contribution in [2.75, 3.05) is 20.9 Å². The maximum Gasteiger partial charge on any atom is 0.137 e. The third-order valence-corrected chi connectivity index (χ3v) is 23.7. The van der Waals surface area contributed by atoms with Gasteiger partial charge in [0.15, 0.2) is 0 Å². The number of thiophene rings is 3. The Labute approximate surface area is 676 Å². The lowest BCUT2D eigenvalue weighted by Gasteiger charge is -2.27. The van der Waals surface area contributed by atoms with Crippen LogP contribution in [-0.2, 0) is 0 Å². The Hall–Kier alpha value is -11.1. The van der Waals surface area contributed by atoms with Crippen molar-refractivity contribution in [1.29, 1.82) is 0 Å². The molecule has 0 saturated heterocycles. The molecule has 0 fully saturated rings. The summed E-state index contributed by atoms with van der Waals surface area (Å²) in [5.41, 5.74) is 23.5. The molecule has 0 aliphatic carbocycles. The smallest absolute Gasteiger partial charge is 0.137 e. The highest BCUT2D eigenvalue weighted by Gasteiger charge is 2.23. The van der Waals surface area contributed by atoms with E-state index in [4.69, 9.17) is 14.6 Å². The van der Waals surface area contributed by atoms with Gasteiger partial charge in [0, 0.05) is 88.6 Å². The van der Waals surface area contributed by atoms with Gasteiger partial charge in [0.25, 0.3) is 0 Å². The molecule has 530 valence electrons. The zero-order chi connectivity index (χ0) is 73.3. The summed E-state index contributed by atoms with van der Waals surface area (Å²) in [6.45, 7) is 0. The van der Waals surface area contributed by atoms with Gasteiger partial charge in [-0.1, -0.05) is 329 Å². The monoisotopic (exact) mass is 1700 g/mol. The summed E-state index contributed by atoms with van der Waals surface area (Å²) >= 11 is 14.6. The normalized spacial score (nSPS) is 10.9. The van der Waals surface area contributed by atoms with Crippen LogP contribution in [0.3, 0.4) is 0 Å². The first-order valence-corrected chi connectivity index (χ1v) is 41.5. The van der Waals surface area contributed by atoms with E-state index in [1.54, 1.807) is 11.3 Å². The van der Waals surface area contributed by atoms with Gasteiger partial charge in [-0.15, -0.1) is 34.0 Å². The Morgan fingerprint density at radius 1 is 0.303 bits per heavy atom. The summed E-state index contributed by atoms with van der Waals surface area (Å²) in [7, 11) is 0. The van der Waals surface area contributed by atoms with Crippen molar-refractivity contribution in [2.45, 2.75) is 7.43 Å². The molecule has 0 saturated carbocycles. The number of anilines is 6. The lowest BCUT2D eigenvalue weighted by Crippen LogP contribution is -2.10. The second-order valence-electron chi connectivity index (χ2n) is 25.5. The zero-order valence-corrected chi connectivity index (χ0v) is 66.3. The van der Waals surface area contributed by atoms with E-state index in [0.29, 0.717) is 0 Å². The molecule has 0 radical (unpaired) electrons. The minimum Gasteiger partial charge on any atom is -0.456 e. The van der Waals surface area contributed by atoms with Crippen molar-refractivity contribution >= 4 is 227 Å². The molecule has 11 heteroatoms. The Bertz CT molecular complexity index is 6650. The largest absolute Gasteiger partial charge is 0.456 e. The molecule has 5 nitrogen and oxygen atoms in total. The van der Waals surface area contributed by atoms with Gasteiger partial charge in [0.05, 0.1) is 36.5 Å². The number of alkyl halides is 1. The van der Waals surface area contributed by atoms with Crippen LogP contribution in [-0.4, -0.2) is 4.93 Å². The average Bonchev–Trinajstić information content (AvgIpc) is 1.60. The number of nitrogens with one attached hydrogen (secondary N) is 1. The highest BCUT2D eigenvalue weighted by atomic mass is 127. The van der Waals surface area contributed by atoms with Crippen LogP contribution in [0.1, 0.15) is 7.43 Å². The van der Waals surface area contributed by atoms with Crippen molar-refractivity contribution in [3.05, 3.63) is 385 Å². The van der Waals surface area contributed by atoms with Crippen LogP contribution in [0.5, 0.6) is 0 Å². The first kappa shape index (κ1) is 73.4. The molecule has 0 bridgehead atoms. The predicted molar refractivity (Wildman–Crippen MR) is 493 cm³/mol. The predicted octanol–water partition coefficient (Wildman–Crippen LogP) is 32.3. The summed E-state index contributed by atoms with van der Waals surface area (Å²) in [5.74, 6) is 0. The lowest BCUT2D eigenvalue weighted by atomic mass is 10.0. The number of rotatable bonds is 8. The molecule has 5 heterocycles. The third kappa shape index (κ3) is 15.7. The second-order valence-corrected chi connectivity index (χ2v) is 30.4. The molecule has 109 heavy (non-hydrogen) atoms. The van der Waals surface area contributed by atoms with Gasteiger partial charge in [-0.05, 0) is 148 Å². The number of nitrogen functional groups attached to an aromatic ring is 1. The topological polar surface area (TPSA) is 67.6 Å².